The van der Waals surface area contributed by atoms with Crippen LogP contribution in [0.1, 0.15) is 33.1 Å². The first-order chi connectivity index (χ1) is 12.3. The van der Waals surface area contributed by atoms with Gasteiger partial charge in [-0.05, 0) is 24.2 Å². The van der Waals surface area contributed by atoms with E-state index in [-0.39, 0.29) is 17.0 Å². The van der Waals surface area contributed by atoms with Crippen molar-refractivity contribution in [3.8, 4) is 0 Å². The Bertz CT molecular complexity index is 803. The summed E-state index contributed by atoms with van der Waals surface area (Å²) in [6, 6.07) is 0. The number of sulfonamides is 1. The number of carbonyl (C=O) groups excluding carboxylic acids is 1. The molecule has 2 bridgehead atoms. The molecule has 3 fully saturated rings. The molecule has 1 aromatic heterocycles. The summed E-state index contributed by atoms with van der Waals surface area (Å²) in [7, 11) is -3.47. The van der Waals surface area contributed by atoms with Crippen molar-refractivity contribution < 1.29 is 13.2 Å². The van der Waals surface area contributed by atoms with Crippen LogP contribution in [0.3, 0.4) is 0 Å². The Labute approximate surface area is 154 Å². The van der Waals surface area contributed by atoms with Crippen LogP contribution in [0.5, 0.6) is 0 Å². The zero-order valence-electron chi connectivity index (χ0n) is 15.4. The van der Waals surface area contributed by atoms with Crippen molar-refractivity contribution in [2.24, 2.45) is 16.7 Å². The highest BCUT2D eigenvalue weighted by Gasteiger charge is 2.65. The minimum atomic E-state index is -3.47. The summed E-state index contributed by atoms with van der Waals surface area (Å²) in [6.45, 7) is 6.18. The molecule has 2 heterocycles. The molecule has 0 spiro atoms. The van der Waals surface area contributed by atoms with E-state index in [0.29, 0.717) is 44.9 Å². The molecule has 2 atom stereocenters. The van der Waals surface area contributed by atoms with E-state index in [2.05, 4.69) is 23.8 Å². The Morgan fingerprint density at radius 1 is 1.19 bits per heavy atom. The van der Waals surface area contributed by atoms with Crippen LogP contribution in [0.15, 0.2) is 18.6 Å². The number of hydrogen-bond donors (Lipinski definition) is 0. The second-order valence-electron chi connectivity index (χ2n) is 8.37. The van der Waals surface area contributed by atoms with Crippen LogP contribution in [-0.2, 0) is 14.8 Å². The summed E-state index contributed by atoms with van der Waals surface area (Å²) in [5.41, 5.74) is -0.920. The molecule has 1 aliphatic heterocycles. The molecule has 2 saturated carbocycles. The largest absolute Gasteiger partial charge is 0.353 e. The molecular formula is C18H26N4O3S. The fourth-order valence-corrected chi connectivity index (χ4v) is 7.36. The topological polar surface area (TPSA) is 83.5 Å². The molecule has 2 aliphatic carbocycles. The van der Waals surface area contributed by atoms with Crippen LogP contribution in [0, 0.1) is 16.7 Å². The zero-order valence-corrected chi connectivity index (χ0v) is 16.2. The van der Waals surface area contributed by atoms with E-state index in [1.54, 1.807) is 22.9 Å². The average molecular weight is 378 g/mol. The number of rotatable bonds is 4. The quantitative estimate of drug-likeness (QED) is 0.786. The molecule has 1 unspecified atom stereocenters. The Kier molecular flexibility index (Phi) is 4.11. The van der Waals surface area contributed by atoms with Gasteiger partial charge >= 0.3 is 0 Å². The number of carbonyl (C=O) groups is 1. The molecule has 0 radical (unpaired) electrons. The molecule has 1 saturated heterocycles. The van der Waals surface area contributed by atoms with Gasteiger partial charge in [-0.3, -0.25) is 9.78 Å². The van der Waals surface area contributed by atoms with Gasteiger partial charge in [0.2, 0.25) is 10.0 Å². The normalized spacial score (nSPS) is 31.5. The molecule has 8 heteroatoms. The van der Waals surface area contributed by atoms with E-state index >= 15 is 0 Å². The number of aromatic nitrogens is 2. The number of hydrogen-bond acceptors (Lipinski definition) is 6. The number of ketones is 1. The minimum absolute atomic E-state index is 0.0343. The number of nitrogens with zero attached hydrogens (tertiary/aromatic N) is 4. The van der Waals surface area contributed by atoms with E-state index in [1.165, 1.54) is 0 Å². The Balaban J connectivity index is 1.48. The van der Waals surface area contributed by atoms with Crippen LogP contribution < -0.4 is 4.90 Å². The lowest BCUT2D eigenvalue weighted by atomic mass is 9.70. The maximum atomic E-state index is 13.1. The van der Waals surface area contributed by atoms with Crippen molar-refractivity contribution >= 4 is 21.6 Å². The van der Waals surface area contributed by atoms with E-state index in [4.69, 9.17) is 0 Å². The predicted octanol–water partition coefficient (Wildman–Crippen LogP) is 1.32. The van der Waals surface area contributed by atoms with Gasteiger partial charge < -0.3 is 4.90 Å². The highest BCUT2D eigenvalue weighted by Crippen LogP contribution is 2.64. The molecule has 7 nitrogen and oxygen atoms in total. The lowest BCUT2D eigenvalue weighted by molar-refractivity contribution is -0.128. The second-order valence-corrected chi connectivity index (χ2v) is 10.3. The number of anilines is 1. The molecule has 4 rings (SSSR count). The second kappa shape index (κ2) is 5.99. The Hall–Kier alpha value is -1.54. The van der Waals surface area contributed by atoms with E-state index in [1.807, 2.05) is 4.90 Å². The van der Waals surface area contributed by atoms with Gasteiger partial charge in [-0.15, -0.1) is 0 Å². The van der Waals surface area contributed by atoms with Crippen LogP contribution >= 0.6 is 0 Å². The highest BCUT2D eigenvalue weighted by molar-refractivity contribution is 7.89. The lowest BCUT2D eigenvalue weighted by Gasteiger charge is -2.39. The van der Waals surface area contributed by atoms with Crippen molar-refractivity contribution in [3.63, 3.8) is 0 Å². The Morgan fingerprint density at radius 2 is 1.92 bits per heavy atom. The first-order valence-electron chi connectivity index (χ1n) is 9.28. The van der Waals surface area contributed by atoms with E-state index in [0.717, 1.165) is 12.2 Å². The van der Waals surface area contributed by atoms with Crippen molar-refractivity contribution in [1.82, 2.24) is 14.3 Å². The van der Waals surface area contributed by atoms with Gasteiger partial charge in [-0.2, -0.15) is 4.31 Å². The van der Waals surface area contributed by atoms with Crippen LogP contribution in [0.2, 0.25) is 0 Å². The van der Waals surface area contributed by atoms with Gasteiger partial charge in [-0.25, -0.2) is 13.4 Å². The number of Topliss-reactive ketones (excluding diaryl/α,β-unsaturated/α-hetero) is 1. The monoisotopic (exact) mass is 378 g/mol. The van der Waals surface area contributed by atoms with E-state index in [9.17, 15) is 13.2 Å². The maximum Gasteiger partial charge on any atom is 0.215 e. The molecule has 0 N–H and O–H groups in total. The average Bonchev–Trinajstić information content (AvgIpc) is 2.96. The molecular weight excluding hydrogens is 352 g/mol. The molecule has 1 aromatic rings. The third-order valence-electron chi connectivity index (χ3n) is 7.07. The van der Waals surface area contributed by atoms with Gasteiger partial charge in [0.05, 0.1) is 11.9 Å². The smallest absolute Gasteiger partial charge is 0.215 e. The first kappa shape index (κ1) is 17.9. The Morgan fingerprint density at radius 3 is 2.46 bits per heavy atom. The van der Waals surface area contributed by atoms with Crippen molar-refractivity contribution in [3.05, 3.63) is 18.6 Å². The fraction of sp³-hybridized carbons (Fsp3) is 0.722. The predicted molar refractivity (Wildman–Crippen MR) is 98.2 cm³/mol. The zero-order chi connectivity index (χ0) is 18.6. The molecule has 3 aliphatic rings. The SMILES string of the molecule is CC1(C)[C@H]2CCC1(CS(=O)(=O)N1CCN(c3cnccn3)CC1)C(=O)C2. The molecule has 26 heavy (non-hydrogen) atoms. The van der Waals surface area contributed by atoms with Crippen LogP contribution in [0.4, 0.5) is 5.82 Å². The molecule has 142 valence electrons. The number of fused-ring (bicyclic) bond motifs is 2. The fourth-order valence-electron chi connectivity index (χ4n) is 5.16. The third kappa shape index (κ3) is 2.57. The highest BCUT2D eigenvalue weighted by atomic mass is 32.2. The van der Waals surface area contributed by atoms with Gasteiger partial charge in [-0.1, -0.05) is 13.8 Å². The van der Waals surface area contributed by atoms with Crippen molar-refractivity contribution in [1.29, 1.82) is 0 Å². The summed E-state index contributed by atoms with van der Waals surface area (Å²) >= 11 is 0. The van der Waals surface area contributed by atoms with Crippen LogP contribution in [-0.4, -0.2) is 60.4 Å². The van der Waals surface area contributed by atoms with Gasteiger partial charge in [0, 0.05) is 50.4 Å². The summed E-state index contributed by atoms with van der Waals surface area (Å²) in [5, 5.41) is 0. The molecule has 0 amide bonds. The van der Waals surface area contributed by atoms with Crippen LogP contribution in [0.25, 0.3) is 0 Å². The maximum absolute atomic E-state index is 13.1. The van der Waals surface area contributed by atoms with Gasteiger partial charge in [0.1, 0.15) is 11.6 Å². The van der Waals surface area contributed by atoms with Gasteiger partial charge in [0.15, 0.2) is 0 Å². The minimum Gasteiger partial charge on any atom is -0.353 e. The van der Waals surface area contributed by atoms with E-state index < -0.39 is 15.4 Å². The lowest BCUT2D eigenvalue weighted by Crippen LogP contribution is -2.53. The van der Waals surface area contributed by atoms with Gasteiger partial charge in [0.25, 0.3) is 0 Å². The molecule has 0 aromatic carbocycles. The number of piperazine rings is 1. The van der Waals surface area contributed by atoms with Crippen molar-refractivity contribution in [2.75, 3.05) is 36.8 Å². The third-order valence-corrected chi connectivity index (χ3v) is 9.08. The standard InChI is InChI=1S/C18H26N4O3S/c1-17(2)14-3-4-18(17,15(23)11-14)13-26(24,25)22-9-7-21(8-10-22)16-12-19-5-6-20-16/h5-6,12,14H,3-4,7-11,13H2,1-2H3/t14-,18?/m0/s1. The summed E-state index contributed by atoms with van der Waals surface area (Å²) in [5.74, 6) is 1.22. The first-order valence-corrected chi connectivity index (χ1v) is 10.9. The summed E-state index contributed by atoms with van der Waals surface area (Å²) < 4.78 is 27.8. The summed E-state index contributed by atoms with van der Waals surface area (Å²) in [4.78, 5) is 23.1. The summed E-state index contributed by atoms with van der Waals surface area (Å²) in [6.07, 6.45) is 7.18. The van der Waals surface area contributed by atoms with Crippen molar-refractivity contribution in [2.45, 2.75) is 33.1 Å².